The maximum atomic E-state index is 5.63. The molecular weight excluding hydrogens is 353 g/mol. The van der Waals surface area contributed by atoms with Gasteiger partial charge in [0.2, 0.25) is 0 Å². The molecule has 0 amide bonds. The van der Waals surface area contributed by atoms with Gasteiger partial charge in [0.25, 0.3) is 0 Å². The zero-order valence-electron chi connectivity index (χ0n) is 12.6. The van der Waals surface area contributed by atoms with Crippen LogP contribution < -0.4 is 0 Å². The first-order valence-corrected chi connectivity index (χ1v) is 12.4. The van der Waals surface area contributed by atoms with Crippen molar-refractivity contribution in [1.82, 2.24) is 0 Å². The van der Waals surface area contributed by atoms with Crippen LogP contribution in [-0.2, 0) is 20.6 Å². The minimum absolute atomic E-state index is 0.0140. The molecule has 1 fully saturated rings. The molecule has 0 atom stereocenters. The Morgan fingerprint density at radius 3 is 1.67 bits per heavy atom. The quantitative estimate of drug-likeness (QED) is 0.433. The van der Waals surface area contributed by atoms with Crippen LogP contribution in [0.5, 0.6) is 0 Å². The van der Waals surface area contributed by atoms with Crippen molar-refractivity contribution in [1.29, 1.82) is 0 Å². The summed E-state index contributed by atoms with van der Waals surface area (Å²) in [5, 5.41) is 0. The topological polar surface area (TPSA) is 46.2 Å². The Morgan fingerprint density at radius 1 is 0.619 bits per heavy atom. The highest BCUT2D eigenvalue weighted by Gasteiger charge is 2.19. The molecule has 1 heterocycles. The molecule has 9 radical (unpaired) electrons. The zero-order valence-corrected chi connectivity index (χ0v) is 17.6. The monoisotopic (exact) mass is 375 g/mol. The number of hydrogen-bond donors (Lipinski definition) is 0. The van der Waals surface area contributed by atoms with Crippen molar-refractivity contribution in [3.05, 3.63) is 0 Å². The summed E-state index contributed by atoms with van der Waals surface area (Å²) in [6.45, 7) is 2.26. The van der Waals surface area contributed by atoms with Crippen LogP contribution in [0.2, 0.25) is 6.04 Å². The maximum Gasteiger partial charge on any atom is 0.412 e. The van der Waals surface area contributed by atoms with E-state index in [1.807, 2.05) is 0 Å². The van der Waals surface area contributed by atoms with E-state index in [-0.39, 0.29) is 40.0 Å². The Labute approximate surface area is 140 Å². The predicted octanol–water partition coefficient (Wildman–Crippen LogP) is 2.24. The van der Waals surface area contributed by atoms with Gasteiger partial charge in [0.15, 0.2) is 0 Å². The molecule has 10 heteroatoms. The largest absolute Gasteiger partial charge is 0.413 e. The number of rotatable bonds is 10. The summed E-state index contributed by atoms with van der Waals surface area (Å²) in [4.78, 5) is 0. The molecule has 0 N–H and O–H groups in total. The van der Waals surface area contributed by atoms with Crippen molar-refractivity contribution in [2.45, 2.75) is 70.8 Å². The molecule has 1 rings (SSSR count). The van der Waals surface area contributed by atoms with Crippen molar-refractivity contribution < 1.29 is 20.6 Å². The third-order valence-electron chi connectivity index (χ3n) is 3.05. The molecule has 0 bridgehead atoms. The van der Waals surface area contributed by atoms with Crippen molar-refractivity contribution in [3.8, 4) is 0 Å². The minimum Gasteiger partial charge on any atom is -0.413 e. The van der Waals surface area contributed by atoms with Crippen molar-refractivity contribution in [3.63, 3.8) is 0 Å². The highest BCUT2D eigenvalue weighted by atomic mass is 28.4. The summed E-state index contributed by atoms with van der Waals surface area (Å²) >= 11 is 0. The van der Waals surface area contributed by atoms with Gasteiger partial charge in [-0.15, -0.1) is 0 Å². The van der Waals surface area contributed by atoms with Gasteiger partial charge < -0.3 is 20.6 Å². The summed E-state index contributed by atoms with van der Waals surface area (Å²) < 4.78 is 26.8. The minimum atomic E-state index is -1.22. The molecule has 21 heavy (non-hydrogen) atoms. The second-order valence-electron chi connectivity index (χ2n) is 4.79. The van der Waals surface area contributed by atoms with Gasteiger partial charge in [-0.2, -0.15) is 0 Å². The molecule has 117 valence electrons. The SMILES string of the molecule is CCCCCCCCCCC[Si]1O[Si]O[Si]O[Si]O[Si]O1. The second-order valence-corrected chi connectivity index (χ2v) is 10.8. The maximum absolute atomic E-state index is 5.63. The van der Waals surface area contributed by atoms with Gasteiger partial charge in [0.1, 0.15) is 0 Å². The summed E-state index contributed by atoms with van der Waals surface area (Å²) in [5.74, 6) is 0. The Bertz CT molecular complexity index is 217. The van der Waals surface area contributed by atoms with Crippen LogP contribution in [-0.4, -0.2) is 49.3 Å². The fourth-order valence-corrected chi connectivity index (χ4v) is 7.15. The predicted molar refractivity (Wildman–Crippen MR) is 86.2 cm³/mol. The third-order valence-corrected chi connectivity index (χ3v) is 8.30. The highest BCUT2D eigenvalue weighted by molar-refractivity contribution is 6.59. The van der Waals surface area contributed by atoms with E-state index >= 15 is 0 Å². The Kier molecular flexibility index (Phi) is 15.0. The van der Waals surface area contributed by atoms with Crippen LogP contribution in [0.1, 0.15) is 64.7 Å². The lowest BCUT2D eigenvalue weighted by atomic mass is 10.1. The molecule has 0 aromatic heterocycles. The number of unbranched alkanes of at least 4 members (excludes halogenated alkanes) is 8. The molecular formula is C11H23O5Si5. The van der Waals surface area contributed by atoms with E-state index in [9.17, 15) is 0 Å². The van der Waals surface area contributed by atoms with Gasteiger partial charge in [-0.1, -0.05) is 64.7 Å². The first kappa shape index (κ1) is 19.9. The van der Waals surface area contributed by atoms with E-state index in [4.69, 9.17) is 20.6 Å². The standard InChI is InChI=1S/C11H23O5Si5/c1-2-3-4-5-6-7-8-9-10-11-21-15-19-13-17-12-18-14-20-16-21/h2-11H2,1H3. The average molecular weight is 376 g/mol. The Balaban J connectivity index is 1.92. The van der Waals surface area contributed by atoms with Crippen LogP contribution in [0.4, 0.5) is 0 Å². The van der Waals surface area contributed by atoms with E-state index in [0.29, 0.717) is 0 Å². The van der Waals surface area contributed by atoms with Crippen molar-refractivity contribution in [2.75, 3.05) is 0 Å². The molecule has 1 aliphatic rings. The molecule has 0 aromatic carbocycles. The fourth-order valence-electron chi connectivity index (χ4n) is 1.93. The van der Waals surface area contributed by atoms with Crippen LogP contribution in [0, 0.1) is 0 Å². The van der Waals surface area contributed by atoms with E-state index in [1.54, 1.807) is 0 Å². The summed E-state index contributed by atoms with van der Waals surface area (Å²) in [7, 11) is -1.12. The van der Waals surface area contributed by atoms with Gasteiger partial charge in [-0.3, -0.25) is 0 Å². The average Bonchev–Trinajstić information content (AvgIpc) is 2.51. The molecule has 0 unspecified atom stereocenters. The van der Waals surface area contributed by atoms with E-state index < -0.39 is 9.28 Å². The van der Waals surface area contributed by atoms with Crippen LogP contribution in [0.15, 0.2) is 0 Å². The highest BCUT2D eigenvalue weighted by Crippen LogP contribution is 2.12. The first-order chi connectivity index (χ1) is 10.4. The summed E-state index contributed by atoms with van der Waals surface area (Å²) in [6, 6.07) is 1.01. The molecule has 0 aliphatic carbocycles. The lowest BCUT2D eigenvalue weighted by Crippen LogP contribution is -2.32. The normalized spacial score (nSPS) is 18.7. The zero-order chi connectivity index (χ0) is 15.0. The lowest BCUT2D eigenvalue weighted by molar-refractivity contribution is 0.330. The third kappa shape index (κ3) is 13.1. The van der Waals surface area contributed by atoms with Gasteiger partial charge in [-0.05, 0) is 6.04 Å². The van der Waals surface area contributed by atoms with E-state index in [1.165, 1.54) is 57.8 Å². The molecule has 0 aromatic rings. The van der Waals surface area contributed by atoms with Crippen molar-refractivity contribution in [2.24, 2.45) is 0 Å². The van der Waals surface area contributed by atoms with Crippen molar-refractivity contribution >= 4 is 49.3 Å². The molecule has 1 saturated heterocycles. The lowest BCUT2D eigenvalue weighted by Gasteiger charge is -2.15. The molecule has 0 saturated carbocycles. The van der Waals surface area contributed by atoms with Crippen LogP contribution in [0.3, 0.4) is 0 Å². The number of hydrogen-bond acceptors (Lipinski definition) is 5. The van der Waals surface area contributed by atoms with Gasteiger partial charge in [0.05, 0.1) is 0 Å². The van der Waals surface area contributed by atoms with Gasteiger partial charge >= 0.3 is 49.3 Å². The summed E-state index contributed by atoms with van der Waals surface area (Å²) in [6.07, 6.45) is 12.0. The fraction of sp³-hybridized carbons (Fsp3) is 1.00. The van der Waals surface area contributed by atoms with E-state index in [0.717, 1.165) is 6.04 Å². The Morgan fingerprint density at radius 2 is 1.10 bits per heavy atom. The molecule has 0 spiro atoms. The first-order valence-electron chi connectivity index (χ1n) is 7.60. The van der Waals surface area contributed by atoms with E-state index in [2.05, 4.69) is 6.92 Å². The van der Waals surface area contributed by atoms with Gasteiger partial charge in [-0.25, -0.2) is 0 Å². The van der Waals surface area contributed by atoms with Gasteiger partial charge in [0, 0.05) is 0 Å². The van der Waals surface area contributed by atoms with Crippen LogP contribution >= 0.6 is 0 Å². The molecule has 5 nitrogen and oxygen atoms in total. The molecule has 1 aliphatic heterocycles. The Hall–Kier alpha value is 0.884. The van der Waals surface area contributed by atoms with Crippen LogP contribution in [0.25, 0.3) is 0 Å². The second kappa shape index (κ2) is 15.8. The summed E-state index contributed by atoms with van der Waals surface area (Å²) in [5.41, 5.74) is 0. The smallest absolute Gasteiger partial charge is 0.412 e.